The van der Waals surface area contributed by atoms with Crippen LogP contribution in [-0.4, -0.2) is 0 Å². The number of nitrogen functional groups attached to an aromatic ring is 1. The molecule has 1 unspecified atom stereocenters. The zero-order valence-corrected chi connectivity index (χ0v) is 11.4. The van der Waals surface area contributed by atoms with Crippen molar-refractivity contribution in [3.05, 3.63) is 45.6 Å². The number of nitrogens with two attached hydrogens (primary N) is 1. The van der Waals surface area contributed by atoms with Crippen molar-refractivity contribution in [2.45, 2.75) is 32.2 Å². The Morgan fingerprint density at radius 2 is 2.22 bits per heavy atom. The third kappa shape index (κ3) is 2.10. The molecule has 2 nitrogen and oxygen atoms in total. The maximum absolute atomic E-state index is 5.87. The van der Waals surface area contributed by atoms with Gasteiger partial charge in [0.05, 0.1) is 6.04 Å². The smallest absolute Gasteiger partial charge is 0.0525 e. The Bertz CT molecular complexity index is 559. The number of benzene rings is 1. The Kier molecular flexibility index (Phi) is 3.00. The molecule has 1 aliphatic carbocycles. The highest BCUT2D eigenvalue weighted by Crippen LogP contribution is 2.36. The zero-order valence-electron chi connectivity index (χ0n) is 10.6. The topological polar surface area (TPSA) is 38.0 Å². The van der Waals surface area contributed by atoms with Crippen LogP contribution in [-0.2, 0) is 6.42 Å². The standard InChI is InChI=1S/C15H18N2S/c1-10-5-6-11(16)9-14(10)17-13-3-2-4-15-12(13)7-8-18-15/h5-9,13,17H,2-4,16H2,1H3. The van der Waals surface area contributed by atoms with Crippen molar-refractivity contribution in [1.29, 1.82) is 0 Å². The van der Waals surface area contributed by atoms with Crippen molar-refractivity contribution in [3.63, 3.8) is 0 Å². The van der Waals surface area contributed by atoms with Gasteiger partial charge in [0, 0.05) is 16.3 Å². The second-order valence-corrected chi connectivity index (χ2v) is 5.96. The number of hydrogen-bond acceptors (Lipinski definition) is 3. The van der Waals surface area contributed by atoms with E-state index in [1.54, 1.807) is 4.88 Å². The first-order valence-electron chi connectivity index (χ1n) is 6.43. The van der Waals surface area contributed by atoms with E-state index in [4.69, 9.17) is 5.73 Å². The van der Waals surface area contributed by atoms with Crippen molar-refractivity contribution in [2.24, 2.45) is 0 Å². The van der Waals surface area contributed by atoms with E-state index in [1.165, 1.54) is 36.1 Å². The van der Waals surface area contributed by atoms with Gasteiger partial charge < -0.3 is 11.1 Å². The number of nitrogens with one attached hydrogen (secondary N) is 1. The number of fused-ring (bicyclic) bond motifs is 1. The Morgan fingerprint density at radius 3 is 3.11 bits per heavy atom. The Balaban J connectivity index is 1.88. The molecule has 3 N–H and O–H groups in total. The lowest BCUT2D eigenvalue weighted by Crippen LogP contribution is -2.16. The van der Waals surface area contributed by atoms with E-state index in [0.717, 1.165) is 5.69 Å². The van der Waals surface area contributed by atoms with E-state index in [9.17, 15) is 0 Å². The van der Waals surface area contributed by atoms with Gasteiger partial charge in [-0.3, -0.25) is 0 Å². The fraction of sp³-hybridized carbons (Fsp3) is 0.333. The van der Waals surface area contributed by atoms with Gasteiger partial charge in [-0.05, 0) is 60.9 Å². The molecule has 1 aliphatic rings. The molecule has 1 atom stereocenters. The van der Waals surface area contributed by atoms with Gasteiger partial charge in [-0.25, -0.2) is 0 Å². The minimum Gasteiger partial charge on any atom is -0.399 e. The third-order valence-corrected chi connectivity index (χ3v) is 4.64. The van der Waals surface area contributed by atoms with Crippen molar-refractivity contribution in [3.8, 4) is 0 Å². The Labute approximate surface area is 112 Å². The molecule has 2 aromatic rings. The molecule has 0 spiro atoms. The minimum absolute atomic E-state index is 0.445. The lowest BCUT2D eigenvalue weighted by molar-refractivity contribution is 0.608. The van der Waals surface area contributed by atoms with E-state index < -0.39 is 0 Å². The van der Waals surface area contributed by atoms with Gasteiger partial charge in [-0.1, -0.05) is 6.07 Å². The molecule has 0 radical (unpaired) electrons. The highest BCUT2D eigenvalue weighted by Gasteiger charge is 2.21. The molecular weight excluding hydrogens is 240 g/mol. The second kappa shape index (κ2) is 4.65. The molecule has 0 aliphatic heterocycles. The summed E-state index contributed by atoms with van der Waals surface area (Å²) in [6, 6.07) is 8.78. The summed E-state index contributed by atoms with van der Waals surface area (Å²) in [5.41, 5.74) is 10.6. The Morgan fingerprint density at radius 1 is 1.33 bits per heavy atom. The summed E-state index contributed by atoms with van der Waals surface area (Å²) in [6.07, 6.45) is 3.71. The van der Waals surface area contributed by atoms with E-state index in [0.29, 0.717) is 6.04 Å². The average molecular weight is 258 g/mol. The fourth-order valence-corrected chi connectivity index (χ4v) is 3.61. The van der Waals surface area contributed by atoms with Crippen LogP contribution in [0, 0.1) is 6.92 Å². The van der Waals surface area contributed by atoms with E-state index in [-0.39, 0.29) is 0 Å². The van der Waals surface area contributed by atoms with Gasteiger partial charge >= 0.3 is 0 Å². The number of aryl methyl sites for hydroxylation is 2. The van der Waals surface area contributed by atoms with Crippen LogP contribution >= 0.6 is 11.3 Å². The number of rotatable bonds is 2. The summed E-state index contributed by atoms with van der Waals surface area (Å²) in [5.74, 6) is 0. The first-order chi connectivity index (χ1) is 8.74. The number of anilines is 2. The van der Waals surface area contributed by atoms with Crippen molar-refractivity contribution >= 4 is 22.7 Å². The van der Waals surface area contributed by atoms with E-state index in [1.807, 2.05) is 23.5 Å². The SMILES string of the molecule is Cc1ccc(N)cc1NC1CCCc2sccc21. The van der Waals surface area contributed by atoms with E-state index >= 15 is 0 Å². The van der Waals surface area contributed by atoms with Gasteiger partial charge in [0.25, 0.3) is 0 Å². The average Bonchev–Trinajstić information content (AvgIpc) is 2.83. The molecule has 0 amide bonds. The minimum atomic E-state index is 0.445. The molecule has 1 aromatic heterocycles. The van der Waals surface area contributed by atoms with Crippen LogP contribution in [0.25, 0.3) is 0 Å². The van der Waals surface area contributed by atoms with Crippen LogP contribution in [0.3, 0.4) is 0 Å². The molecule has 0 saturated heterocycles. The van der Waals surface area contributed by atoms with Crippen molar-refractivity contribution in [1.82, 2.24) is 0 Å². The van der Waals surface area contributed by atoms with Gasteiger partial charge in [0.1, 0.15) is 0 Å². The molecule has 0 bridgehead atoms. The molecule has 18 heavy (non-hydrogen) atoms. The fourth-order valence-electron chi connectivity index (χ4n) is 2.62. The maximum Gasteiger partial charge on any atom is 0.0525 e. The van der Waals surface area contributed by atoms with Gasteiger partial charge in [-0.15, -0.1) is 11.3 Å². The summed E-state index contributed by atoms with van der Waals surface area (Å²) in [5, 5.41) is 5.86. The predicted octanol–water partition coefficient (Wildman–Crippen LogP) is 4.13. The van der Waals surface area contributed by atoms with Gasteiger partial charge in [0.2, 0.25) is 0 Å². The molecule has 3 heteroatoms. The highest BCUT2D eigenvalue weighted by atomic mass is 32.1. The summed E-state index contributed by atoms with van der Waals surface area (Å²) >= 11 is 1.88. The zero-order chi connectivity index (χ0) is 12.5. The molecule has 0 saturated carbocycles. The number of thiophene rings is 1. The molecule has 1 heterocycles. The molecule has 1 aromatic carbocycles. The van der Waals surface area contributed by atoms with Crippen LogP contribution in [0.1, 0.15) is 34.9 Å². The largest absolute Gasteiger partial charge is 0.399 e. The normalized spacial score (nSPS) is 18.4. The summed E-state index contributed by atoms with van der Waals surface area (Å²) in [6.45, 7) is 2.12. The second-order valence-electron chi connectivity index (χ2n) is 4.96. The lowest BCUT2D eigenvalue weighted by Gasteiger charge is -2.25. The van der Waals surface area contributed by atoms with Gasteiger partial charge in [-0.2, -0.15) is 0 Å². The third-order valence-electron chi connectivity index (χ3n) is 3.64. The van der Waals surface area contributed by atoms with Crippen molar-refractivity contribution in [2.75, 3.05) is 11.1 Å². The first kappa shape index (κ1) is 11.6. The summed E-state index contributed by atoms with van der Waals surface area (Å²) in [7, 11) is 0. The van der Waals surface area contributed by atoms with Crippen LogP contribution in [0.15, 0.2) is 29.6 Å². The quantitative estimate of drug-likeness (QED) is 0.795. The van der Waals surface area contributed by atoms with Crippen LogP contribution in [0.2, 0.25) is 0 Å². The number of hydrogen-bond donors (Lipinski definition) is 2. The summed E-state index contributed by atoms with van der Waals surface area (Å²) in [4.78, 5) is 1.54. The molecular formula is C15H18N2S. The maximum atomic E-state index is 5.87. The van der Waals surface area contributed by atoms with E-state index in [2.05, 4.69) is 29.8 Å². The van der Waals surface area contributed by atoms with Crippen LogP contribution < -0.4 is 11.1 Å². The van der Waals surface area contributed by atoms with Crippen LogP contribution in [0.5, 0.6) is 0 Å². The van der Waals surface area contributed by atoms with Gasteiger partial charge in [0.15, 0.2) is 0 Å². The van der Waals surface area contributed by atoms with Crippen molar-refractivity contribution < 1.29 is 0 Å². The molecule has 3 rings (SSSR count). The Hall–Kier alpha value is -1.48. The monoisotopic (exact) mass is 258 g/mol. The summed E-state index contributed by atoms with van der Waals surface area (Å²) < 4.78 is 0. The molecule has 0 fully saturated rings. The molecule has 94 valence electrons. The highest BCUT2D eigenvalue weighted by molar-refractivity contribution is 7.10. The predicted molar refractivity (Wildman–Crippen MR) is 79.2 cm³/mol. The lowest BCUT2D eigenvalue weighted by atomic mass is 9.93. The van der Waals surface area contributed by atoms with Crippen LogP contribution in [0.4, 0.5) is 11.4 Å². The first-order valence-corrected chi connectivity index (χ1v) is 7.31.